The van der Waals surface area contributed by atoms with E-state index in [4.69, 9.17) is 23.2 Å². The van der Waals surface area contributed by atoms with Crippen molar-refractivity contribution in [1.29, 1.82) is 0 Å². The second-order valence-electron chi connectivity index (χ2n) is 4.00. The number of unbranched alkanes of at least 4 members (excludes halogenated alkanes) is 4. The highest BCUT2D eigenvalue weighted by Gasteiger charge is 2.09. The van der Waals surface area contributed by atoms with Crippen molar-refractivity contribution in [2.75, 3.05) is 0 Å². The third kappa shape index (κ3) is 4.26. The van der Waals surface area contributed by atoms with Gasteiger partial charge in [0.25, 0.3) is 0 Å². The Labute approximate surface area is 107 Å². The molecule has 0 unspecified atom stereocenters. The molecule has 0 bridgehead atoms. The van der Waals surface area contributed by atoms with E-state index in [1.807, 2.05) is 0 Å². The van der Waals surface area contributed by atoms with E-state index in [0.717, 1.165) is 18.4 Å². The number of nitrogens with zero attached hydrogens (tertiary/aromatic N) is 2. The van der Waals surface area contributed by atoms with Gasteiger partial charge in [0.2, 0.25) is 0 Å². The Balaban J connectivity index is 2.47. The highest BCUT2D eigenvalue weighted by Crippen LogP contribution is 2.23. The van der Waals surface area contributed by atoms with Crippen molar-refractivity contribution in [3.05, 3.63) is 21.7 Å². The van der Waals surface area contributed by atoms with Crippen molar-refractivity contribution in [3.8, 4) is 0 Å². The van der Waals surface area contributed by atoms with Gasteiger partial charge in [0, 0.05) is 5.56 Å². The normalized spacial score (nSPS) is 10.8. The van der Waals surface area contributed by atoms with Gasteiger partial charge in [0.05, 0.1) is 0 Å². The lowest BCUT2D eigenvalue weighted by Gasteiger charge is -2.06. The molecule has 0 saturated heterocycles. The van der Waals surface area contributed by atoms with Crippen LogP contribution in [0.3, 0.4) is 0 Å². The van der Waals surface area contributed by atoms with Crippen molar-refractivity contribution in [1.82, 2.24) is 9.97 Å². The van der Waals surface area contributed by atoms with Gasteiger partial charge in [0.15, 0.2) is 0 Å². The Morgan fingerprint density at radius 1 is 0.938 bits per heavy atom. The van der Waals surface area contributed by atoms with Crippen molar-refractivity contribution in [2.24, 2.45) is 0 Å². The first-order valence-corrected chi connectivity index (χ1v) is 6.59. The third-order valence-electron chi connectivity index (χ3n) is 2.55. The molecule has 1 rings (SSSR count). The molecular weight excluding hydrogens is 243 g/mol. The second kappa shape index (κ2) is 7.08. The first-order chi connectivity index (χ1) is 7.65. The maximum Gasteiger partial charge on any atom is 0.137 e. The topological polar surface area (TPSA) is 25.8 Å². The summed E-state index contributed by atoms with van der Waals surface area (Å²) < 4.78 is 0. The lowest BCUT2D eigenvalue weighted by atomic mass is 10.1. The van der Waals surface area contributed by atoms with Crippen LogP contribution in [-0.4, -0.2) is 9.97 Å². The summed E-state index contributed by atoms with van der Waals surface area (Å²) in [5.74, 6) is 0.629. The number of aromatic nitrogens is 2. The van der Waals surface area contributed by atoms with E-state index < -0.39 is 0 Å². The molecule has 0 fully saturated rings. The van der Waals surface area contributed by atoms with Crippen LogP contribution in [0.4, 0.5) is 0 Å². The Bertz CT molecular complexity index is 317. The predicted octanol–water partition coefficient (Wildman–Crippen LogP) is 4.60. The summed E-state index contributed by atoms with van der Waals surface area (Å²) in [5.41, 5.74) is 0.894. The molecule has 0 spiro atoms. The standard InChI is InChI=1S/C12H18Cl2N2/c1-3-4-5-6-7-8-10-11(13)15-9(2)16-12(10)14/h3-8H2,1-2H3. The van der Waals surface area contributed by atoms with Gasteiger partial charge in [-0.05, 0) is 19.8 Å². The summed E-state index contributed by atoms with van der Waals surface area (Å²) in [7, 11) is 0. The van der Waals surface area contributed by atoms with Crippen LogP contribution in [0.25, 0.3) is 0 Å². The van der Waals surface area contributed by atoms with Gasteiger partial charge < -0.3 is 0 Å². The van der Waals surface area contributed by atoms with Gasteiger partial charge in [-0.15, -0.1) is 0 Å². The van der Waals surface area contributed by atoms with Crippen LogP contribution >= 0.6 is 23.2 Å². The van der Waals surface area contributed by atoms with Gasteiger partial charge in [-0.1, -0.05) is 55.8 Å². The Morgan fingerprint density at radius 3 is 2.06 bits per heavy atom. The highest BCUT2D eigenvalue weighted by atomic mass is 35.5. The molecule has 16 heavy (non-hydrogen) atoms. The van der Waals surface area contributed by atoms with Gasteiger partial charge in [-0.2, -0.15) is 0 Å². The minimum Gasteiger partial charge on any atom is -0.221 e. The number of hydrogen-bond donors (Lipinski definition) is 0. The molecule has 0 atom stereocenters. The summed E-state index contributed by atoms with van der Waals surface area (Å²) in [6.07, 6.45) is 7.03. The zero-order chi connectivity index (χ0) is 12.0. The SMILES string of the molecule is CCCCCCCc1c(Cl)nc(C)nc1Cl. The van der Waals surface area contributed by atoms with Crippen LogP contribution in [0.1, 0.15) is 50.4 Å². The average Bonchev–Trinajstić information content (AvgIpc) is 2.20. The molecule has 0 N–H and O–H groups in total. The fourth-order valence-corrected chi connectivity index (χ4v) is 2.30. The molecule has 1 aromatic heterocycles. The van der Waals surface area contributed by atoms with Gasteiger partial charge >= 0.3 is 0 Å². The van der Waals surface area contributed by atoms with E-state index in [9.17, 15) is 0 Å². The summed E-state index contributed by atoms with van der Waals surface area (Å²) in [6.45, 7) is 4.00. The molecule has 0 amide bonds. The molecule has 4 heteroatoms. The van der Waals surface area contributed by atoms with E-state index in [1.165, 1.54) is 25.7 Å². The number of hydrogen-bond acceptors (Lipinski definition) is 2. The van der Waals surface area contributed by atoms with Crippen LogP contribution in [0.5, 0.6) is 0 Å². The summed E-state index contributed by atoms with van der Waals surface area (Å²) in [5, 5.41) is 1.01. The van der Waals surface area contributed by atoms with Crippen LogP contribution in [-0.2, 0) is 6.42 Å². The molecular formula is C12H18Cl2N2. The number of rotatable bonds is 6. The largest absolute Gasteiger partial charge is 0.221 e. The monoisotopic (exact) mass is 260 g/mol. The van der Waals surface area contributed by atoms with E-state index >= 15 is 0 Å². The maximum absolute atomic E-state index is 6.04. The highest BCUT2D eigenvalue weighted by molar-refractivity contribution is 6.34. The molecule has 1 aromatic rings. The van der Waals surface area contributed by atoms with Gasteiger partial charge in [-0.3, -0.25) is 0 Å². The predicted molar refractivity (Wildman–Crippen MR) is 69.3 cm³/mol. The molecule has 1 heterocycles. The Kier molecular flexibility index (Phi) is 6.07. The number of aryl methyl sites for hydroxylation is 1. The lowest BCUT2D eigenvalue weighted by molar-refractivity contribution is 0.631. The van der Waals surface area contributed by atoms with E-state index in [0.29, 0.717) is 16.1 Å². The third-order valence-corrected chi connectivity index (χ3v) is 3.17. The summed E-state index contributed by atoms with van der Waals surface area (Å²) in [4.78, 5) is 8.24. The van der Waals surface area contributed by atoms with Crippen LogP contribution in [0.15, 0.2) is 0 Å². The first-order valence-electron chi connectivity index (χ1n) is 5.83. The smallest absolute Gasteiger partial charge is 0.137 e. The molecule has 0 saturated carbocycles. The summed E-state index contributed by atoms with van der Waals surface area (Å²) >= 11 is 12.1. The maximum atomic E-state index is 6.04. The van der Waals surface area contributed by atoms with Gasteiger partial charge in [-0.25, -0.2) is 9.97 Å². The van der Waals surface area contributed by atoms with Gasteiger partial charge in [0.1, 0.15) is 16.1 Å². The van der Waals surface area contributed by atoms with Crippen LogP contribution in [0, 0.1) is 6.92 Å². The van der Waals surface area contributed by atoms with Crippen LogP contribution in [0.2, 0.25) is 10.3 Å². The van der Waals surface area contributed by atoms with Crippen molar-refractivity contribution in [2.45, 2.75) is 52.4 Å². The second-order valence-corrected chi connectivity index (χ2v) is 4.71. The van der Waals surface area contributed by atoms with Crippen molar-refractivity contribution < 1.29 is 0 Å². The number of halogens is 2. The van der Waals surface area contributed by atoms with E-state index in [-0.39, 0.29) is 0 Å². The zero-order valence-corrected chi connectivity index (χ0v) is 11.4. The lowest BCUT2D eigenvalue weighted by Crippen LogP contribution is -1.97. The van der Waals surface area contributed by atoms with Crippen LogP contribution < -0.4 is 0 Å². The zero-order valence-electron chi connectivity index (χ0n) is 9.89. The fourth-order valence-electron chi connectivity index (χ4n) is 1.64. The minimum atomic E-state index is 0.507. The molecule has 0 aromatic carbocycles. The summed E-state index contributed by atoms with van der Waals surface area (Å²) in [6, 6.07) is 0. The van der Waals surface area contributed by atoms with E-state index in [1.54, 1.807) is 6.92 Å². The first kappa shape index (κ1) is 13.7. The Morgan fingerprint density at radius 2 is 1.50 bits per heavy atom. The average molecular weight is 261 g/mol. The molecule has 2 nitrogen and oxygen atoms in total. The Hall–Kier alpha value is -0.340. The molecule has 90 valence electrons. The molecule has 0 aliphatic carbocycles. The minimum absolute atomic E-state index is 0.507. The van der Waals surface area contributed by atoms with Crippen molar-refractivity contribution >= 4 is 23.2 Å². The van der Waals surface area contributed by atoms with E-state index in [2.05, 4.69) is 16.9 Å². The molecule has 0 radical (unpaired) electrons. The quantitative estimate of drug-likeness (QED) is 0.552. The fraction of sp³-hybridized carbons (Fsp3) is 0.667. The molecule has 0 aliphatic rings. The molecule has 0 aliphatic heterocycles. The van der Waals surface area contributed by atoms with Crippen molar-refractivity contribution in [3.63, 3.8) is 0 Å².